The predicted molar refractivity (Wildman–Crippen MR) is 79.5 cm³/mol. The number of pyridine rings is 1. The van der Waals surface area contributed by atoms with Gasteiger partial charge in [-0.3, -0.25) is 9.52 Å². The fraction of sp³-hybridized carbons (Fsp3) is 0.143. The van der Waals surface area contributed by atoms with E-state index in [9.17, 15) is 13.2 Å². The zero-order valence-corrected chi connectivity index (χ0v) is 12.2. The molecule has 1 heterocycles. The lowest BCUT2D eigenvalue weighted by atomic mass is 10.2. The zero-order chi connectivity index (χ0) is 15.3. The largest absolute Gasteiger partial charge is 0.352 e. The van der Waals surface area contributed by atoms with Crippen molar-refractivity contribution in [2.24, 2.45) is 0 Å². The summed E-state index contributed by atoms with van der Waals surface area (Å²) < 4.78 is 26.5. The lowest BCUT2D eigenvalue weighted by Gasteiger charge is -2.08. The molecular formula is C14H15N3O3S. The Balaban J connectivity index is 2.15. The van der Waals surface area contributed by atoms with E-state index >= 15 is 0 Å². The molecule has 0 fully saturated rings. The van der Waals surface area contributed by atoms with Gasteiger partial charge in [-0.2, -0.15) is 0 Å². The normalized spacial score (nSPS) is 10.9. The minimum atomic E-state index is -3.67. The SMILES string of the molecule is CCNC(=O)c1ccc(NS(=O)(=O)c2ccccc2)nc1. The molecule has 110 valence electrons. The molecule has 2 N–H and O–H groups in total. The minimum Gasteiger partial charge on any atom is -0.352 e. The molecule has 1 amide bonds. The van der Waals surface area contributed by atoms with Gasteiger partial charge in [0.2, 0.25) is 0 Å². The van der Waals surface area contributed by atoms with Crippen LogP contribution in [0.5, 0.6) is 0 Å². The number of hydrogen-bond acceptors (Lipinski definition) is 4. The monoisotopic (exact) mass is 305 g/mol. The quantitative estimate of drug-likeness (QED) is 0.879. The van der Waals surface area contributed by atoms with Gasteiger partial charge in [0.05, 0.1) is 10.5 Å². The first kappa shape index (κ1) is 15.0. The molecule has 1 aromatic heterocycles. The third-order valence-corrected chi connectivity index (χ3v) is 4.03. The molecule has 0 saturated heterocycles. The Morgan fingerprint density at radius 1 is 1.14 bits per heavy atom. The minimum absolute atomic E-state index is 0.152. The van der Waals surface area contributed by atoms with Crippen LogP contribution in [0, 0.1) is 0 Å². The number of aromatic nitrogens is 1. The molecule has 0 saturated carbocycles. The Bertz CT molecular complexity index is 713. The number of anilines is 1. The summed E-state index contributed by atoms with van der Waals surface area (Å²) in [5, 5.41) is 2.64. The zero-order valence-electron chi connectivity index (χ0n) is 11.4. The number of hydrogen-bond donors (Lipinski definition) is 2. The third-order valence-electron chi connectivity index (χ3n) is 2.66. The summed E-state index contributed by atoms with van der Waals surface area (Å²) in [6.07, 6.45) is 1.33. The molecule has 0 unspecified atom stereocenters. The maximum absolute atomic E-state index is 12.1. The standard InChI is InChI=1S/C14H15N3O3S/c1-2-15-14(18)11-8-9-13(16-10-11)17-21(19,20)12-6-4-3-5-7-12/h3-10H,2H2,1H3,(H,15,18)(H,16,17). The number of benzene rings is 1. The Hall–Kier alpha value is -2.41. The second-order valence-electron chi connectivity index (χ2n) is 4.21. The van der Waals surface area contributed by atoms with E-state index in [0.29, 0.717) is 12.1 Å². The van der Waals surface area contributed by atoms with E-state index < -0.39 is 10.0 Å². The fourth-order valence-electron chi connectivity index (χ4n) is 1.65. The number of rotatable bonds is 5. The van der Waals surface area contributed by atoms with Crippen molar-refractivity contribution in [3.05, 3.63) is 54.2 Å². The number of carbonyl (C=O) groups excluding carboxylic acids is 1. The van der Waals surface area contributed by atoms with Gasteiger partial charge >= 0.3 is 0 Å². The molecule has 0 atom stereocenters. The van der Waals surface area contributed by atoms with Crippen LogP contribution in [0.4, 0.5) is 5.82 Å². The van der Waals surface area contributed by atoms with Gasteiger partial charge in [-0.1, -0.05) is 18.2 Å². The van der Waals surface area contributed by atoms with Crippen LogP contribution >= 0.6 is 0 Å². The van der Waals surface area contributed by atoms with E-state index in [0.717, 1.165) is 0 Å². The Kier molecular flexibility index (Phi) is 4.54. The van der Waals surface area contributed by atoms with Crippen molar-refractivity contribution in [1.29, 1.82) is 0 Å². The second-order valence-corrected chi connectivity index (χ2v) is 5.89. The summed E-state index contributed by atoms with van der Waals surface area (Å²) in [6.45, 7) is 2.33. The first-order valence-electron chi connectivity index (χ1n) is 6.35. The number of amides is 1. The van der Waals surface area contributed by atoms with E-state index in [1.54, 1.807) is 18.2 Å². The Labute approximate surface area is 123 Å². The molecular weight excluding hydrogens is 290 g/mol. The Morgan fingerprint density at radius 3 is 2.43 bits per heavy atom. The van der Waals surface area contributed by atoms with Crippen molar-refractivity contribution < 1.29 is 13.2 Å². The van der Waals surface area contributed by atoms with Crippen LogP contribution in [0.3, 0.4) is 0 Å². The third kappa shape index (κ3) is 3.79. The van der Waals surface area contributed by atoms with Crippen LogP contribution in [0.25, 0.3) is 0 Å². The summed E-state index contributed by atoms with van der Waals surface area (Å²) in [6, 6.07) is 11.0. The fourth-order valence-corrected chi connectivity index (χ4v) is 2.68. The number of sulfonamides is 1. The van der Waals surface area contributed by atoms with Gasteiger partial charge in [-0.05, 0) is 31.2 Å². The van der Waals surface area contributed by atoms with Crippen LogP contribution in [0.15, 0.2) is 53.6 Å². The number of carbonyl (C=O) groups is 1. The van der Waals surface area contributed by atoms with Crippen molar-refractivity contribution in [1.82, 2.24) is 10.3 Å². The van der Waals surface area contributed by atoms with Gasteiger partial charge in [-0.25, -0.2) is 13.4 Å². The smallest absolute Gasteiger partial charge is 0.263 e. The van der Waals surface area contributed by atoms with E-state index in [1.807, 2.05) is 6.92 Å². The topological polar surface area (TPSA) is 88.2 Å². The first-order valence-corrected chi connectivity index (χ1v) is 7.83. The molecule has 2 aromatic rings. The molecule has 0 aliphatic carbocycles. The molecule has 1 aromatic carbocycles. The molecule has 0 aliphatic heterocycles. The summed E-state index contributed by atoms with van der Waals surface area (Å²) in [7, 11) is -3.67. The van der Waals surface area contributed by atoms with Crippen molar-refractivity contribution >= 4 is 21.7 Å². The van der Waals surface area contributed by atoms with Crippen molar-refractivity contribution in [2.75, 3.05) is 11.3 Å². The first-order chi connectivity index (χ1) is 10.0. The Morgan fingerprint density at radius 2 is 1.86 bits per heavy atom. The van der Waals surface area contributed by atoms with Gasteiger partial charge in [0.25, 0.3) is 15.9 Å². The van der Waals surface area contributed by atoms with E-state index in [2.05, 4.69) is 15.0 Å². The van der Waals surface area contributed by atoms with Crippen LogP contribution in [0.2, 0.25) is 0 Å². The highest BCUT2D eigenvalue weighted by Crippen LogP contribution is 2.14. The van der Waals surface area contributed by atoms with Gasteiger partial charge in [0.15, 0.2) is 0 Å². The van der Waals surface area contributed by atoms with E-state index in [-0.39, 0.29) is 16.6 Å². The molecule has 0 radical (unpaired) electrons. The summed E-state index contributed by atoms with van der Waals surface area (Å²) in [5.74, 6) is -0.0885. The van der Waals surface area contributed by atoms with E-state index in [1.165, 1.54) is 30.5 Å². The maximum Gasteiger partial charge on any atom is 0.263 e. The lowest BCUT2D eigenvalue weighted by molar-refractivity contribution is 0.0955. The lowest BCUT2D eigenvalue weighted by Crippen LogP contribution is -2.22. The van der Waals surface area contributed by atoms with Crippen molar-refractivity contribution in [3.63, 3.8) is 0 Å². The van der Waals surface area contributed by atoms with E-state index in [4.69, 9.17) is 0 Å². The summed E-state index contributed by atoms with van der Waals surface area (Å²) in [5.41, 5.74) is 0.375. The molecule has 2 rings (SSSR count). The molecule has 6 nitrogen and oxygen atoms in total. The van der Waals surface area contributed by atoms with Crippen molar-refractivity contribution in [3.8, 4) is 0 Å². The highest BCUT2D eigenvalue weighted by molar-refractivity contribution is 7.92. The summed E-state index contributed by atoms with van der Waals surface area (Å²) in [4.78, 5) is 15.7. The van der Waals surface area contributed by atoms with Gasteiger partial charge < -0.3 is 5.32 Å². The molecule has 21 heavy (non-hydrogen) atoms. The summed E-state index contributed by atoms with van der Waals surface area (Å²) >= 11 is 0. The van der Waals surface area contributed by atoms with Gasteiger partial charge in [0.1, 0.15) is 5.82 Å². The second kappa shape index (κ2) is 6.36. The van der Waals surface area contributed by atoms with Crippen molar-refractivity contribution in [2.45, 2.75) is 11.8 Å². The highest BCUT2D eigenvalue weighted by Gasteiger charge is 2.14. The molecule has 7 heteroatoms. The highest BCUT2D eigenvalue weighted by atomic mass is 32.2. The molecule has 0 bridgehead atoms. The van der Waals surface area contributed by atoms with Crippen LogP contribution in [-0.4, -0.2) is 25.9 Å². The van der Waals surface area contributed by atoms with Gasteiger partial charge in [0, 0.05) is 12.7 Å². The number of nitrogens with zero attached hydrogens (tertiary/aromatic N) is 1. The number of nitrogens with one attached hydrogen (secondary N) is 2. The van der Waals surface area contributed by atoms with Crippen LogP contribution in [0.1, 0.15) is 17.3 Å². The average molecular weight is 305 g/mol. The van der Waals surface area contributed by atoms with Crippen LogP contribution in [-0.2, 0) is 10.0 Å². The predicted octanol–water partition coefficient (Wildman–Crippen LogP) is 1.63. The maximum atomic E-state index is 12.1. The van der Waals surface area contributed by atoms with Crippen LogP contribution < -0.4 is 10.0 Å². The average Bonchev–Trinajstić information content (AvgIpc) is 2.49. The molecule has 0 aliphatic rings. The molecule has 0 spiro atoms. The van der Waals surface area contributed by atoms with Gasteiger partial charge in [-0.15, -0.1) is 0 Å².